The maximum Gasteiger partial charge on any atom is 0.335 e. The van der Waals surface area contributed by atoms with Gasteiger partial charge in [0, 0.05) is 0 Å². The Labute approximate surface area is 104 Å². The van der Waals surface area contributed by atoms with Crippen molar-refractivity contribution in [3.8, 4) is 5.69 Å². The second-order valence-corrected chi connectivity index (χ2v) is 4.10. The van der Waals surface area contributed by atoms with E-state index in [4.69, 9.17) is 5.11 Å². The standard InChI is InChI=1S/C11H13N5O2/c1-15(2)7-10-12-13-14-16(10)9-5-3-4-8(6-9)11(17)18/h3-6H,7H2,1-2H3,(H,17,18). The lowest BCUT2D eigenvalue weighted by molar-refractivity contribution is 0.0697. The van der Waals surface area contributed by atoms with E-state index < -0.39 is 5.97 Å². The fourth-order valence-electron chi connectivity index (χ4n) is 1.56. The van der Waals surface area contributed by atoms with Crippen molar-refractivity contribution >= 4 is 5.97 Å². The Balaban J connectivity index is 2.39. The number of aromatic carboxylic acids is 1. The van der Waals surface area contributed by atoms with Crippen LogP contribution < -0.4 is 0 Å². The lowest BCUT2D eigenvalue weighted by atomic mass is 10.2. The van der Waals surface area contributed by atoms with Gasteiger partial charge in [0.1, 0.15) is 0 Å². The van der Waals surface area contributed by atoms with E-state index in [1.807, 2.05) is 19.0 Å². The largest absolute Gasteiger partial charge is 0.478 e. The van der Waals surface area contributed by atoms with Crippen LogP contribution in [0.2, 0.25) is 0 Å². The van der Waals surface area contributed by atoms with Crippen LogP contribution in [-0.2, 0) is 6.54 Å². The third-order valence-corrected chi connectivity index (χ3v) is 2.33. The van der Waals surface area contributed by atoms with Gasteiger partial charge in [-0.05, 0) is 42.7 Å². The summed E-state index contributed by atoms with van der Waals surface area (Å²) in [5, 5.41) is 20.4. The minimum atomic E-state index is -0.973. The number of benzene rings is 1. The summed E-state index contributed by atoms with van der Waals surface area (Å²) in [6.07, 6.45) is 0. The molecule has 7 nitrogen and oxygen atoms in total. The number of tetrazole rings is 1. The molecule has 0 amide bonds. The zero-order chi connectivity index (χ0) is 13.1. The summed E-state index contributed by atoms with van der Waals surface area (Å²) >= 11 is 0. The molecule has 0 saturated carbocycles. The van der Waals surface area contributed by atoms with Crippen LogP contribution in [0.5, 0.6) is 0 Å². The number of carbonyl (C=O) groups is 1. The number of carboxylic acid groups (broad SMARTS) is 1. The number of hydrogen-bond acceptors (Lipinski definition) is 5. The summed E-state index contributed by atoms with van der Waals surface area (Å²) in [4.78, 5) is 12.9. The van der Waals surface area contributed by atoms with Gasteiger partial charge in [0.25, 0.3) is 0 Å². The molecule has 18 heavy (non-hydrogen) atoms. The first-order valence-corrected chi connectivity index (χ1v) is 5.33. The monoisotopic (exact) mass is 247 g/mol. The molecule has 0 spiro atoms. The summed E-state index contributed by atoms with van der Waals surface area (Å²) < 4.78 is 1.53. The van der Waals surface area contributed by atoms with Gasteiger partial charge in [-0.1, -0.05) is 6.07 Å². The maximum absolute atomic E-state index is 10.9. The lowest BCUT2D eigenvalue weighted by Crippen LogP contribution is -2.15. The summed E-state index contributed by atoms with van der Waals surface area (Å²) in [6, 6.07) is 6.50. The molecule has 1 heterocycles. The second-order valence-electron chi connectivity index (χ2n) is 4.10. The third kappa shape index (κ3) is 2.51. The normalized spacial score (nSPS) is 10.8. The number of aromatic nitrogens is 4. The fourth-order valence-corrected chi connectivity index (χ4v) is 1.56. The summed E-state index contributed by atoms with van der Waals surface area (Å²) in [5.74, 6) is -0.318. The molecular formula is C11H13N5O2. The third-order valence-electron chi connectivity index (χ3n) is 2.33. The maximum atomic E-state index is 10.9. The Hall–Kier alpha value is -2.28. The molecule has 7 heteroatoms. The Morgan fingerprint density at radius 2 is 2.22 bits per heavy atom. The molecule has 0 bridgehead atoms. The Morgan fingerprint density at radius 1 is 1.44 bits per heavy atom. The van der Waals surface area contributed by atoms with Gasteiger partial charge in [0.15, 0.2) is 5.82 Å². The SMILES string of the molecule is CN(C)Cc1nnnn1-c1cccc(C(=O)O)c1. The van der Waals surface area contributed by atoms with Crippen LogP contribution in [0, 0.1) is 0 Å². The highest BCUT2D eigenvalue weighted by Crippen LogP contribution is 2.11. The first-order valence-electron chi connectivity index (χ1n) is 5.33. The fraction of sp³-hybridized carbons (Fsp3) is 0.273. The number of hydrogen-bond donors (Lipinski definition) is 1. The molecule has 0 atom stereocenters. The average Bonchev–Trinajstić information content (AvgIpc) is 2.76. The quantitative estimate of drug-likeness (QED) is 0.843. The van der Waals surface area contributed by atoms with E-state index in [-0.39, 0.29) is 5.56 Å². The Kier molecular flexibility index (Phi) is 3.33. The number of nitrogens with zero attached hydrogens (tertiary/aromatic N) is 5. The van der Waals surface area contributed by atoms with E-state index in [2.05, 4.69) is 15.5 Å². The van der Waals surface area contributed by atoms with Crippen molar-refractivity contribution in [3.63, 3.8) is 0 Å². The number of carboxylic acids is 1. The average molecular weight is 247 g/mol. The summed E-state index contributed by atoms with van der Waals surface area (Å²) in [5.41, 5.74) is 0.843. The van der Waals surface area contributed by atoms with E-state index >= 15 is 0 Å². The van der Waals surface area contributed by atoms with Gasteiger partial charge < -0.3 is 10.0 Å². The molecule has 0 fully saturated rings. The van der Waals surface area contributed by atoms with Gasteiger partial charge in [-0.25, -0.2) is 4.79 Å². The van der Waals surface area contributed by atoms with Crippen LogP contribution in [0.15, 0.2) is 24.3 Å². The summed E-state index contributed by atoms with van der Waals surface area (Å²) in [7, 11) is 3.82. The topological polar surface area (TPSA) is 84.1 Å². The minimum absolute atomic E-state index is 0.207. The van der Waals surface area contributed by atoms with E-state index in [9.17, 15) is 4.79 Å². The molecule has 2 rings (SSSR count). The molecule has 0 unspecified atom stereocenters. The van der Waals surface area contributed by atoms with E-state index in [0.717, 1.165) is 0 Å². The van der Waals surface area contributed by atoms with Crippen LogP contribution in [-0.4, -0.2) is 50.3 Å². The van der Waals surface area contributed by atoms with E-state index in [1.54, 1.807) is 12.1 Å². The van der Waals surface area contributed by atoms with Crippen molar-refractivity contribution in [1.29, 1.82) is 0 Å². The molecule has 0 aliphatic rings. The highest BCUT2D eigenvalue weighted by molar-refractivity contribution is 5.88. The lowest BCUT2D eigenvalue weighted by Gasteiger charge is -2.09. The molecular weight excluding hydrogens is 234 g/mol. The Morgan fingerprint density at radius 3 is 2.89 bits per heavy atom. The van der Waals surface area contributed by atoms with Crippen molar-refractivity contribution in [1.82, 2.24) is 25.1 Å². The molecule has 0 saturated heterocycles. The molecule has 1 aromatic carbocycles. The van der Waals surface area contributed by atoms with Crippen molar-refractivity contribution in [2.45, 2.75) is 6.54 Å². The second kappa shape index (κ2) is 4.92. The van der Waals surface area contributed by atoms with Gasteiger partial charge >= 0.3 is 5.97 Å². The first kappa shape index (κ1) is 12.2. The smallest absolute Gasteiger partial charge is 0.335 e. The van der Waals surface area contributed by atoms with Crippen LogP contribution in [0.4, 0.5) is 0 Å². The van der Waals surface area contributed by atoms with E-state index in [1.165, 1.54) is 16.8 Å². The van der Waals surface area contributed by atoms with Crippen LogP contribution in [0.25, 0.3) is 5.69 Å². The van der Waals surface area contributed by atoms with Crippen molar-refractivity contribution in [2.75, 3.05) is 14.1 Å². The molecule has 1 aromatic heterocycles. The van der Waals surface area contributed by atoms with Crippen molar-refractivity contribution < 1.29 is 9.90 Å². The van der Waals surface area contributed by atoms with Gasteiger partial charge in [-0.3, -0.25) is 0 Å². The van der Waals surface area contributed by atoms with Crippen LogP contribution in [0.3, 0.4) is 0 Å². The van der Waals surface area contributed by atoms with Gasteiger partial charge in [-0.15, -0.1) is 5.10 Å². The van der Waals surface area contributed by atoms with Gasteiger partial charge in [-0.2, -0.15) is 4.68 Å². The highest BCUT2D eigenvalue weighted by atomic mass is 16.4. The number of rotatable bonds is 4. The van der Waals surface area contributed by atoms with Crippen molar-refractivity contribution in [2.24, 2.45) is 0 Å². The zero-order valence-electron chi connectivity index (χ0n) is 10.1. The van der Waals surface area contributed by atoms with Gasteiger partial charge in [0.05, 0.1) is 17.8 Å². The molecule has 0 radical (unpaired) electrons. The van der Waals surface area contributed by atoms with Crippen LogP contribution >= 0.6 is 0 Å². The molecule has 1 N–H and O–H groups in total. The predicted octanol–water partition coefficient (Wildman–Crippen LogP) is 0.422. The highest BCUT2D eigenvalue weighted by Gasteiger charge is 2.11. The first-order chi connectivity index (χ1) is 8.58. The predicted molar refractivity (Wildman–Crippen MR) is 63.5 cm³/mol. The van der Waals surface area contributed by atoms with Crippen LogP contribution in [0.1, 0.15) is 16.2 Å². The summed E-state index contributed by atoms with van der Waals surface area (Å²) in [6.45, 7) is 0.574. The van der Waals surface area contributed by atoms with Gasteiger partial charge in [0.2, 0.25) is 0 Å². The van der Waals surface area contributed by atoms with E-state index in [0.29, 0.717) is 18.1 Å². The molecule has 0 aliphatic heterocycles. The van der Waals surface area contributed by atoms with Crippen molar-refractivity contribution in [3.05, 3.63) is 35.7 Å². The molecule has 2 aromatic rings. The Bertz CT molecular complexity index is 564. The molecule has 0 aliphatic carbocycles. The molecule has 94 valence electrons. The minimum Gasteiger partial charge on any atom is -0.478 e. The zero-order valence-corrected chi connectivity index (χ0v) is 10.1.